The van der Waals surface area contributed by atoms with E-state index in [9.17, 15) is 0 Å². The van der Waals surface area contributed by atoms with Crippen LogP contribution in [0.5, 0.6) is 0 Å². The van der Waals surface area contributed by atoms with E-state index in [1.54, 1.807) is 6.20 Å². The summed E-state index contributed by atoms with van der Waals surface area (Å²) in [7, 11) is 0. The van der Waals surface area contributed by atoms with E-state index in [1.165, 1.54) is 6.33 Å². The first-order chi connectivity index (χ1) is 9.83. The molecule has 0 aliphatic rings. The normalized spacial score (nSPS) is 11.2. The number of nitrogens with two attached hydrogens (primary N) is 1. The van der Waals surface area contributed by atoms with Crippen LogP contribution in [0.4, 0.5) is 5.82 Å². The predicted octanol–water partition coefficient (Wildman–Crippen LogP) is 2.53. The molecule has 5 nitrogen and oxygen atoms in total. The summed E-state index contributed by atoms with van der Waals surface area (Å²) in [6.07, 6.45) is 5.22. The fraction of sp³-hybridized carbons (Fsp3) is 0. The summed E-state index contributed by atoms with van der Waals surface area (Å²) in [6.45, 7) is 0. The van der Waals surface area contributed by atoms with Crippen LogP contribution >= 0.6 is 0 Å². The second kappa shape index (κ2) is 4.03. The molecule has 0 aliphatic carbocycles. The lowest BCUT2D eigenvalue weighted by Gasteiger charge is -2.07. The van der Waals surface area contributed by atoms with Gasteiger partial charge in [-0.1, -0.05) is 12.1 Å². The first kappa shape index (κ1) is 10.9. The van der Waals surface area contributed by atoms with Gasteiger partial charge in [0.2, 0.25) is 0 Å². The van der Waals surface area contributed by atoms with Gasteiger partial charge in [0.25, 0.3) is 0 Å². The lowest BCUT2D eigenvalue weighted by Crippen LogP contribution is -1.94. The van der Waals surface area contributed by atoms with Crippen molar-refractivity contribution >= 4 is 22.2 Å². The molecule has 4 aromatic rings. The highest BCUT2D eigenvalue weighted by Gasteiger charge is 2.08. The molecule has 0 aliphatic heterocycles. The molecule has 1 aromatic carbocycles. The number of anilines is 1. The maximum absolute atomic E-state index is 5.91. The number of fused-ring (bicyclic) bond motifs is 2. The van der Waals surface area contributed by atoms with Crippen LogP contribution in [0.2, 0.25) is 0 Å². The Labute approximate surface area is 114 Å². The quantitative estimate of drug-likeness (QED) is 0.571. The minimum atomic E-state index is 0.502. The van der Waals surface area contributed by atoms with Crippen molar-refractivity contribution in [2.75, 3.05) is 5.73 Å². The zero-order chi connectivity index (χ0) is 13.5. The zero-order valence-electron chi connectivity index (χ0n) is 10.6. The van der Waals surface area contributed by atoms with Crippen LogP contribution in [0.15, 0.2) is 55.1 Å². The first-order valence-corrected chi connectivity index (χ1v) is 6.26. The molecule has 0 amide bonds. The molecular formula is C15H11N5. The van der Waals surface area contributed by atoms with Gasteiger partial charge in [0.1, 0.15) is 12.1 Å². The largest absolute Gasteiger partial charge is 0.383 e. The number of hydrogen-bond acceptors (Lipinski definition) is 4. The van der Waals surface area contributed by atoms with Crippen LogP contribution in [0, 0.1) is 0 Å². The molecule has 4 rings (SSSR count). The van der Waals surface area contributed by atoms with Gasteiger partial charge in [-0.05, 0) is 29.8 Å². The van der Waals surface area contributed by atoms with E-state index < -0.39 is 0 Å². The van der Waals surface area contributed by atoms with Crippen LogP contribution in [-0.4, -0.2) is 19.6 Å². The molecule has 0 saturated heterocycles. The Balaban J connectivity index is 2.04. The lowest BCUT2D eigenvalue weighted by molar-refractivity contribution is 0.962. The van der Waals surface area contributed by atoms with Gasteiger partial charge in [-0.15, -0.1) is 0 Å². The van der Waals surface area contributed by atoms with Crippen molar-refractivity contribution in [2.45, 2.75) is 0 Å². The fourth-order valence-electron chi connectivity index (χ4n) is 2.43. The molecule has 96 valence electrons. The summed E-state index contributed by atoms with van der Waals surface area (Å²) in [5, 5.41) is 5.07. The van der Waals surface area contributed by atoms with Crippen molar-refractivity contribution in [2.24, 2.45) is 0 Å². The monoisotopic (exact) mass is 261 g/mol. The van der Waals surface area contributed by atoms with E-state index in [1.807, 2.05) is 41.0 Å². The molecule has 0 spiro atoms. The SMILES string of the molecule is Nc1ncnc2c(-c3ccn4nccc4c3)cccc12. The van der Waals surface area contributed by atoms with E-state index >= 15 is 0 Å². The Kier molecular flexibility index (Phi) is 2.20. The van der Waals surface area contributed by atoms with Crippen LogP contribution in [-0.2, 0) is 0 Å². The second-order valence-corrected chi connectivity index (χ2v) is 4.58. The summed E-state index contributed by atoms with van der Waals surface area (Å²) in [5.41, 5.74) is 9.95. The summed E-state index contributed by atoms with van der Waals surface area (Å²) in [4.78, 5) is 8.41. The fourth-order valence-corrected chi connectivity index (χ4v) is 2.43. The highest BCUT2D eigenvalue weighted by atomic mass is 15.2. The van der Waals surface area contributed by atoms with Gasteiger partial charge < -0.3 is 5.73 Å². The van der Waals surface area contributed by atoms with E-state index in [0.717, 1.165) is 27.5 Å². The molecule has 0 bridgehead atoms. The van der Waals surface area contributed by atoms with Gasteiger partial charge in [-0.3, -0.25) is 0 Å². The molecule has 0 unspecified atom stereocenters. The summed E-state index contributed by atoms with van der Waals surface area (Å²) in [6, 6.07) is 12.0. The molecule has 3 aromatic heterocycles. The van der Waals surface area contributed by atoms with Crippen LogP contribution in [0.1, 0.15) is 0 Å². The van der Waals surface area contributed by atoms with Crippen LogP contribution in [0.3, 0.4) is 0 Å². The molecule has 20 heavy (non-hydrogen) atoms. The van der Waals surface area contributed by atoms with E-state index in [4.69, 9.17) is 5.73 Å². The molecule has 0 radical (unpaired) electrons. The van der Waals surface area contributed by atoms with E-state index in [-0.39, 0.29) is 0 Å². The summed E-state index contributed by atoms with van der Waals surface area (Å²) < 4.78 is 1.83. The highest BCUT2D eigenvalue weighted by Crippen LogP contribution is 2.29. The van der Waals surface area contributed by atoms with Gasteiger partial charge >= 0.3 is 0 Å². The smallest absolute Gasteiger partial charge is 0.134 e. The number of nitrogen functional groups attached to an aromatic ring is 1. The average Bonchev–Trinajstić information content (AvgIpc) is 2.94. The third kappa shape index (κ3) is 1.53. The van der Waals surface area contributed by atoms with Crippen LogP contribution < -0.4 is 5.73 Å². The predicted molar refractivity (Wildman–Crippen MR) is 78.1 cm³/mol. The molecule has 5 heteroatoms. The molecular weight excluding hydrogens is 250 g/mol. The number of rotatable bonds is 1. The van der Waals surface area contributed by atoms with Gasteiger partial charge in [0, 0.05) is 23.3 Å². The first-order valence-electron chi connectivity index (χ1n) is 6.26. The molecule has 0 saturated carbocycles. The van der Waals surface area contributed by atoms with E-state index in [2.05, 4.69) is 21.1 Å². The third-order valence-electron chi connectivity index (χ3n) is 3.41. The van der Waals surface area contributed by atoms with Gasteiger partial charge in [-0.2, -0.15) is 5.10 Å². The molecule has 0 fully saturated rings. The van der Waals surface area contributed by atoms with Crippen molar-refractivity contribution in [1.82, 2.24) is 19.6 Å². The zero-order valence-corrected chi connectivity index (χ0v) is 10.6. The Morgan fingerprint density at radius 1 is 1.05 bits per heavy atom. The summed E-state index contributed by atoms with van der Waals surface area (Å²) in [5.74, 6) is 0.502. The maximum Gasteiger partial charge on any atom is 0.134 e. The van der Waals surface area contributed by atoms with Crippen molar-refractivity contribution in [3.8, 4) is 11.1 Å². The summed E-state index contributed by atoms with van der Waals surface area (Å²) >= 11 is 0. The number of pyridine rings is 1. The van der Waals surface area contributed by atoms with Crippen molar-refractivity contribution in [3.05, 3.63) is 55.1 Å². The molecule has 0 atom stereocenters. The number of para-hydroxylation sites is 1. The van der Waals surface area contributed by atoms with E-state index in [0.29, 0.717) is 5.82 Å². The second-order valence-electron chi connectivity index (χ2n) is 4.58. The molecule has 3 heterocycles. The number of nitrogens with zero attached hydrogens (tertiary/aromatic N) is 4. The van der Waals surface area contributed by atoms with Gasteiger partial charge in [-0.25, -0.2) is 14.5 Å². The Bertz CT molecular complexity index is 926. The number of aromatic nitrogens is 4. The van der Waals surface area contributed by atoms with Gasteiger partial charge in [0.05, 0.1) is 11.0 Å². The van der Waals surface area contributed by atoms with Crippen LogP contribution in [0.25, 0.3) is 27.5 Å². The average molecular weight is 261 g/mol. The van der Waals surface area contributed by atoms with Crippen molar-refractivity contribution < 1.29 is 0 Å². The van der Waals surface area contributed by atoms with Gasteiger partial charge in [0.15, 0.2) is 0 Å². The number of hydrogen-bond donors (Lipinski definition) is 1. The molecule has 2 N–H and O–H groups in total. The highest BCUT2D eigenvalue weighted by molar-refractivity contribution is 5.98. The Morgan fingerprint density at radius 3 is 2.95 bits per heavy atom. The third-order valence-corrected chi connectivity index (χ3v) is 3.41. The lowest BCUT2D eigenvalue weighted by atomic mass is 10.0. The minimum absolute atomic E-state index is 0.502. The topological polar surface area (TPSA) is 69.1 Å². The Morgan fingerprint density at radius 2 is 2.00 bits per heavy atom. The standard InChI is InChI=1S/C15H11N5/c16-15-13-3-1-2-12(14(13)17-9-18-15)10-5-7-20-11(8-10)4-6-19-20/h1-9H,(H2,16,17,18). The van der Waals surface area contributed by atoms with Crippen molar-refractivity contribution in [3.63, 3.8) is 0 Å². The minimum Gasteiger partial charge on any atom is -0.383 e. The Hall–Kier alpha value is -2.95. The van der Waals surface area contributed by atoms with Crippen molar-refractivity contribution in [1.29, 1.82) is 0 Å². The maximum atomic E-state index is 5.91. The number of benzene rings is 1.